The molecule has 16 heavy (non-hydrogen) atoms. The molecule has 0 aromatic carbocycles. The van der Waals surface area contributed by atoms with Gasteiger partial charge in [-0.1, -0.05) is 11.6 Å². The summed E-state index contributed by atoms with van der Waals surface area (Å²) in [7, 11) is 0. The van der Waals surface area contributed by atoms with Crippen LogP contribution in [0, 0.1) is 6.92 Å². The highest BCUT2D eigenvalue weighted by Gasteiger charge is 2.15. The average Bonchev–Trinajstić information content (AvgIpc) is 2.63. The standard InChI is InChI=1S/C11H11ClN2O2/c1-3-16-11(15)9-6-13-10(12)8-5-4-7(2)14(8)9/h4-6H,3H2,1-2H3. The molecule has 0 unspecified atom stereocenters. The van der Waals surface area contributed by atoms with E-state index in [0.29, 0.717) is 23.0 Å². The second kappa shape index (κ2) is 4.14. The number of rotatable bonds is 2. The van der Waals surface area contributed by atoms with Gasteiger partial charge in [0.1, 0.15) is 0 Å². The molecular weight excluding hydrogens is 228 g/mol. The van der Waals surface area contributed by atoms with Gasteiger partial charge < -0.3 is 9.14 Å². The van der Waals surface area contributed by atoms with Gasteiger partial charge in [0.05, 0.1) is 18.3 Å². The molecule has 0 aliphatic rings. The first kappa shape index (κ1) is 11.0. The molecule has 0 atom stereocenters. The van der Waals surface area contributed by atoms with E-state index in [0.717, 1.165) is 5.69 Å². The van der Waals surface area contributed by atoms with Crippen molar-refractivity contribution in [1.82, 2.24) is 9.38 Å². The summed E-state index contributed by atoms with van der Waals surface area (Å²) in [4.78, 5) is 15.7. The summed E-state index contributed by atoms with van der Waals surface area (Å²) in [6, 6.07) is 3.71. The van der Waals surface area contributed by atoms with Crippen molar-refractivity contribution in [2.45, 2.75) is 13.8 Å². The van der Waals surface area contributed by atoms with E-state index in [2.05, 4.69) is 4.98 Å². The monoisotopic (exact) mass is 238 g/mol. The van der Waals surface area contributed by atoms with Crippen LogP contribution in [0.25, 0.3) is 5.52 Å². The molecule has 0 bridgehead atoms. The quantitative estimate of drug-likeness (QED) is 0.755. The Labute approximate surface area is 97.8 Å². The van der Waals surface area contributed by atoms with Gasteiger partial charge in [0, 0.05) is 5.69 Å². The first-order valence-corrected chi connectivity index (χ1v) is 5.32. The van der Waals surface area contributed by atoms with Gasteiger partial charge in [-0.25, -0.2) is 9.78 Å². The molecule has 4 nitrogen and oxygen atoms in total. The normalized spacial score (nSPS) is 10.7. The van der Waals surface area contributed by atoms with Crippen molar-refractivity contribution in [2.75, 3.05) is 6.61 Å². The van der Waals surface area contributed by atoms with E-state index < -0.39 is 5.97 Å². The largest absolute Gasteiger partial charge is 0.461 e. The lowest BCUT2D eigenvalue weighted by Gasteiger charge is -2.07. The van der Waals surface area contributed by atoms with Crippen LogP contribution >= 0.6 is 11.6 Å². The number of hydrogen-bond donors (Lipinski definition) is 0. The van der Waals surface area contributed by atoms with E-state index in [1.165, 1.54) is 6.20 Å². The Kier molecular flexibility index (Phi) is 2.83. The molecule has 0 aliphatic carbocycles. The molecule has 2 rings (SSSR count). The average molecular weight is 239 g/mol. The molecule has 0 fully saturated rings. The first-order valence-electron chi connectivity index (χ1n) is 4.94. The van der Waals surface area contributed by atoms with Crippen LogP contribution in [0.1, 0.15) is 23.1 Å². The molecule has 0 amide bonds. The van der Waals surface area contributed by atoms with Crippen LogP contribution in [0.15, 0.2) is 18.3 Å². The molecule has 5 heteroatoms. The van der Waals surface area contributed by atoms with Gasteiger partial charge >= 0.3 is 5.97 Å². The number of aryl methyl sites for hydroxylation is 1. The van der Waals surface area contributed by atoms with Crippen LogP contribution in [0.5, 0.6) is 0 Å². The van der Waals surface area contributed by atoms with Crippen molar-refractivity contribution < 1.29 is 9.53 Å². The maximum Gasteiger partial charge on any atom is 0.356 e. The number of esters is 1. The molecule has 0 saturated carbocycles. The molecule has 2 aromatic heterocycles. The Morgan fingerprint density at radius 2 is 2.31 bits per heavy atom. The van der Waals surface area contributed by atoms with Crippen LogP contribution < -0.4 is 0 Å². The number of nitrogens with zero attached hydrogens (tertiary/aromatic N) is 2. The van der Waals surface area contributed by atoms with E-state index in [1.807, 2.05) is 19.1 Å². The Balaban J connectivity index is 2.66. The first-order chi connectivity index (χ1) is 7.65. The summed E-state index contributed by atoms with van der Waals surface area (Å²) in [5.74, 6) is -0.393. The molecule has 0 saturated heterocycles. The summed E-state index contributed by atoms with van der Waals surface area (Å²) < 4.78 is 6.70. The molecule has 0 radical (unpaired) electrons. The fourth-order valence-electron chi connectivity index (χ4n) is 1.61. The molecule has 2 aromatic rings. The molecule has 0 spiro atoms. The van der Waals surface area contributed by atoms with Gasteiger partial charge in [0.15, 0.2) is 10.8 Å². The fraction of sp³-hybridized carbons (Fsp3) is 0.273. The number of carbonyl (C=O) groups excluding carboxylic acids is 1. The van der Waals surface area contributed by atoms with Gasteiger partial charge in [-0.2, -0.15) is 0 Å². The van der Waals surface area contributed by atoms with Gasteiger partial charge in [0.2, 0.25) is 0 Å². The van der Waals surface area contributed by atoms with Gasteiger partial charge in [-0.15, -0.1) is 0 Å². The topological polar surface area (TPSA) is 43.6 Å². The zero-order chi connectivity index (χ0) is 11.7. The van der Waals surface area contributed by atoms with Crippen LogP contribution in [0.4, 0.5) is 0 Å². The number of aromatic nitrogens is 2. The zero-order valence-corrected chi connectivity index (χ0v) is 9.78. The highest BCUT2D eigenvalue weighted by atomic mass is 35.5. The van der Waals surface area contributed by atoms with E-state index in [1.54, 1.807) is 11.3 Å². The Morgan fingerprint density at radius 3 is 3.00 bits per heavy atom. The zero-order valence-electron chi connectivity index (χ0n) is 9.03. The van der Waals surface area contributed by atoms with Gasteiger partial charge in [0.25, 0.3) is 0 Å². The summed E-state index contributed by atoms with van der Waals surface area (Å²) in [5, 5.41) is 0.376. The maximum atomic E-state index is 11.7. The number of halogens is 1. The Morgan fingerprint density at radius 1 is 1.56 bits per heavy atom. The lowest BCUT2D eigenvalue weighted by Crippen LogP contribution is -2.11. The van der Waals surface area contributed by atoms with Gasteiger partial charge in [-0.3, -0.25) is 0 Å². The molecule has 2 heterocycles. The van der Waals surface area contributed by atoms with E-state index in [9.17, 15) is 4.79 Å². The fourth-order valence-corrected chi connectivity index (χ4v) is 1.81. The minimum Gasteiger partial charge on any atom is -0.461 e. The van der Waals surface area contributed by atoms with E-state index in [4.69, 9.17) is 16.3 Å². The van der Waals surface area contributed by atoms with Crippen molar-refractivity contribution in [3.63, 3.8) is 0 Å². The van der Waals surface area contributed by atoms with Gasteiger partial charge in [-0.05, 0) is 26.0 Å². The third-order valence-corrected chi connectivity index (χ3v) is 2.60. The van der Waals surface area contributed by atoms with Crippen LogP contribution in [-0.4, -0.2) is 22.0 Å². The molecule has 84 valence electrons. The molecule has 0 N–H and O–H groups in total. The van der Waals surface area contributed by atoms with Crippen LogP contribution in [-0.2, 0) is 4.74 Å². The second-order valence-electron chi connectivity index (χ2n) is 3.35. The third-order valence-electron chi connectivity index (χ3n) is 2.31. The summed E-state index contributed by atoms with van der Waals surface area (Å²) in [5.41, 5.74) is 2.02. The smallest absolute Gasteiger partial charge is 0.356 e. The molecule has 0 aliphatic heterocycles. The Bertz CT molecular complexity index is 548. The maximum absolute atomic E-state index is 11.7. The Hall–Kier alpha value is -1.55. The minimum atomic E-state index is -0.393. The molecular formula is C11H11ClN2O2. The van der Waals surface area contributed by atoms with Crippen molar-refractivity contribution in [3.8, 4) is 0 Å². The predicted molar refractivity (Wildman–Crippen MR) is 60.9 cm³/mol. The van der Waals surface area contributed by atoms with E-state index >= 15 is 0 Å². The SMILES string of the molecule is CCOC(=O)c1cnc(Cl)c2ccc(C)n12. The second-order valence-corrected chi connectivity index (χ2v) is 3.71. The van der Waals surface area contributed by atoms with Crippen LogP contribution in [0.2, 0.25) is 5.15 Å². The lowest BCUT2D eigenvalue weighted by atomic mass is 10.4. The van der Waals surface area contributed by atoms with Crippen molar-refractivity contribution in [1.29, 1.82) is 0 Å². The van der Waals surface area contributed by atoms with Crippen LogP contribution in [0.3, 0.4) is 0 Å². The van der Waals surface area contributed by atoms with E-state index in [-0.39, 0.29) is 0 Å². The van der Waals surface area contributed by atoms with Crippen molar-refractivity contribution in [2.24, 2.45) is 0 Å². The minimum absolute atomic E-state index is 0.337. The summed E-state index contributed by atoms with van der Waals surface area (Å²) in [6.45, 7) is 4.00. The number of carbonyl (C=O) groups is 1. The highest BCUT2D eigenvalue weighted by Crippen LogP contribution is 2.19. The number of fused-ring (bicyclic) bond motifs is 1. The van der Waals surface area contributed by atoms with Crippen molar-refractivity contribution in [3.05, 3.63) is 34.9 Å². The summed E-state index contributed by atoms with van der Waals surface area (Å²) in [6.07, 6.45) is 1.43. The third kappa shape index (κ3) is 1.65. The number of hydrogen-bond acceptors (Lipinski definition) is 3. The summed E-state index contributed by atoms with van der Waals surface area (Å²) >= 11 is 5.94. The number of ether oxygens (including phenoxy) is 1. The lowest BCUT2D eigenvalue weighted by molar-refractivity contribution is 0.0517. The highest BCUT2D eigenvalue weighted by molar-refractivity contribution is 6.32. The predicted octanol–water partition coefficient (Wildman–Crippen LogP) is 2.47. The van der Waals surface area contributed by atoms with Crippen molar-refractivity contribution >= 4 is 23.1 Å².